The van der Waals surface area contributed by atoms with Gasteiger partial charge in [-0.25, -0.2) is 0 Å². The quantitative estimate of drug-likeness (QED) is 0.867. The van der Waals surface area contributed by atoms with Crippen LogP contribution in [0.4, 0.5) is 14.5 Å². The van der Waals surface area contributed by atoms with Crippen molar-refractivity contribution in [2.24, 2.45) is 5.41 Å². The van der Waals surface area contributed by atoms with Gasteiger partial charge < -0.3 is 10.1 Å². The molecule has 0 unspecified atom stereocenters. The van der Waals surface area contributed by atoms with E-state index in [4.69, 9.17) is 4.74 Å². The first-order valence-electron chi connectivity index (χ1n) is 6.41. The van der Waals surface area contributed by atoms with Crippen molar-refractivity contribution in [3.05, 3.63) is 24.3 Å². The number of thioether (sulfide) groups is 1. The Morgan fingerprint density at radius 3 is 2.48 bits per heavy atom. The number of nitrogens with one attached hydrogen (secondary N) is 1. The van der Waals surface area contributed by atoms with Crippen LogP contribution in [0.1, 0.15) is 12.8 Å². The predicted octanol–water partition coefficient (Wildman–Crippen LogP) is 3.26. The van der Waals surface area contributed by atoms with E-state index in [1.54, 1.807) is 12.1 Å². The van der Waals surface area contributed by atoms with Crippen LogP contribution < -0.4 is 5.32 Å². The molecule has 1 saturated heterocycles. The van der Waals surface area contributed by atoms with Gasteiger partial charge in [0.1, 0.15) is 5.41 Å². The Bertz CT molecular complexity index is 537. The Labute approximate surface area is 125 Å². The van der Waals surface area contributed by atoms with Crippen molar-refractivity contribution in [1.29, 1.82) is 5.26 Å². The molecule has 0 radical (unpaired) electrons. The molecule has 1 aromatic rings. The molecule has 0 atom stereocenters. The summed E-state index contributed by atoms with van der Waals surface area (Å²) in [6.07, 6.45) is 0.712. The maximum Gasteiger partial charge on any atom is 0.288 e. The minimum Gasteiger partial charge on any atom is -0.381 e. The van der Waals surface area contributed by atoms with Crippen LogP contribution in [0.5, 0.6) is 0 Å². The molecule has 0 spiro atoms. The second-order valence-corrected chi connectivity index (χ2v) is 5.73. The molecule has 21 heavy (non-hydrogen) atoms. The van der Waals surface area contributed by atoms with Gasteiger partial charge in [-0.3, -0.25) is 4.79 Å². The Balaban J connectivity index is 2.03. The molecule has 0 saturated carbocycles. The van der Waals surface area contributed by atoms with Gasteiger partial charge in [-0.2, -0.15) is 14.0 Å². The van der Waals surface area contributed by atoms with Crippen molar-refractivity contribution >= 4 is 23.4 Å². The minimum atomic E-state index is -2.48. The van der Waals surface area contributed by atoms with Crippen LogP contribution in [-0.2, 0) is 9.53 Å². The molecule has 2 rings (SSSR count). The Morgan fingerprint density at radius 2 is 1.95 bits per heavy atom. The minimum absolute atomic E-state index is 0.356. The van der Waals surface area contributed by atoms with Gasteiger partial charge in [-0.1, -0.05) is 11.8 Å². The highest BCUT2D eigenvalue weighted by molar-refractivity contribution is 7.99. The summed E-state index contributed by atoms with van der Waals surface area (Å²) < 4.78 is 29.6. The van der Waals surface area contributed by atoms with Crippen LogP contribution in [0.15, 0.2) is 29.2 Å². The number of carbonyl (C=O) groups is 1. The summed E-state index contributed by atoms with van der Waals surface area (Å²) in [5.74, 6) is -2.85. The van der Waals surface area contributed by atoms with Crippen LogP contribution in [0, 0.1) is 16.7 Å². The van der Waals surface area contributed by atoms with Gasteiger partial charge in [0.2, 0.25) is 5.91 Å². The number of hydrogen-bond donors (Lipinski definition) is 1. The lowest BCUT2D eigenvalue weighted by atomic mass is 9.81. The van der Waals surface area contributed by atoms with Crippen LogP contribution >= 0.6 is 11.8 Å². The molecule has 1 aliphatic rings. The van der Waals surface area contributed by atoms with E-state index in [0.29, 0.717) is 48.4 Å². The summed E-state index contributed by atoms with van der Waals surface area (Å²) >= 11 is 0.443. The number of ether oxygens (including phenoxy) is 1. The maximum atomic E-state index is 12.3. The fourth-order valence-electron chi connectivity index (χ4n) is 2.08. The highest BCUT2D eigenvalue weighted by Crippen LogP contribution is 2.32. The van der Waals surface area contributed by atoms with Gasteiger partial charge >= 0.3 is 0 Å². The molecule has 0 aromatic heterocycles. The summed E-state index contributed by atoms with van der Waals surface area (Å²) in [5.41, 5.74) is -0.589. The van der Waals surface area contributed by atoms with Crippen molar-refractivity contribution in [3.8, 4) is 6.07 Å². The number of anilines is 1. The molecule has 4 nitrogen and oxygen atoms in total. The molecular weight excluding hydrogens is 298 g/mol. The fraction of sp³-hybridized carbons (Fsp3) is 0.429. The third-order valence-electron chi connectivity index (χ3n) is 3.33. The van der Waals surface area contributed by atoms with Gasteiger partial charge in [0.15, 0.2) is 0 Å². The summed E-state index contributed by atoms with van der Waals surface area (Å²) in [6.45, 7) is 0.760. The normalized spacial score (nSPS) is 17.2. The highest BCUT2D eigenvalue weighted by Gasteiger charge is 2.40. The largest absolute Gasteiger partial charge is 0.381 e. The zero-order chi connectivity index (χ0) is 15.3. The van der Waals surface area contributed by atoms with E-state index in [1.807, 2.05) is 0 Å². The third-order valence-corrected chi connectivity index (χ3v) is 4.05. The second kappa shape index (κ2) is 6.87. The molecule has 112 valence electrons. The van der Waals surface area contributed by atoms with Crippen molar-refractivity contribution in [2.75, 3.05) is 18.5 Å². The lowest BCUT2D eigenvalue weighted by Crippen LogP contribution is -2.39. The number of hydrogen-bond acceptors (Lipinski definition) is 4. The first kappa shape index (κ1) is 15.7. The SMILES string of the molecule is N#CC1(C(=O)Nc2ccc(SC(F)F)cc2)CCOCC1. The molecule has 1 aromatic carbocycles. The number of halogens is 2. The number of nitriles is 1. The second-order valence-electron chi connectivity index (χ2n) is 4.66. The molecule has 0 bridgehead atoms. The van der Waals surface area contributed by atoms with E-state index in [-0.39, 0.29) is 5.91 Å². The topological polar surface area (TPSA) is 62.1 Å². The van der Waals surface area contributed by atoms with Gasteiger partial charge in [-0.15, -0.1) is 0 Å². The fourth-order valence-corrected chi connectivity index (χ4v) is 2.58. The zero-order valence-electron chi connectivity index (χ0n) is 11.1. The number of alkyl halides is 2. The van der Waals surface area contributed by atoms with Gasteiger partial charge in [0.25, 0.3) is 5.76 Å². The Morgan fingerprint density at radius 1 is 1.33 bits per heavy atom. The third kappa shape index (κ3) is 3.93. The first-order chi connectivity index (χ1) is 10.1. The smallest absolute Gasteiger partial charge is 0.288 e. The van der Waals surface area contributed by atoms with E-state index in [2.05, 4.69) is 11.4 Å². The summed E-state index contributed by atoms with van der Waals surface area (Å²) in [4.78, 5) is 12.7. The molecule has 1 aliphatic heterocycles. The van der Waals surface area contributed by atoms with Gasteiger partial charge in [0, 0.05) is 23.8 Å². The zero-order valence-corrected chi connectivity index (χ0v) is 12.0. The molecular formula is C14H14F2N2O2S. The lowest BCUT2D eigenvalue weighted by molar-refractivity contribution is -0.126. The van der Waals surface area contributed by atoms with Crippen LogP contribution in [-0.4, -0.2) is 24.9 Å². The predicted molar refractivity (Wildman–Crippen MR) is 75.0 cm³/mol. The average Bonchev–Trinajstić information content (AvgIpc) is 2.49. The van der Waals surface area contributed by atoms with Crippen LogP contribution in [0.25, 0.3) is 0 Å². The standard InChI is InChI=1S/C14H14F2N2O2S/c15-13(16)21-11-3-1-10(2-4-11)18-12(19)14(9-17)5-7-20-8-6-14/h1-4,13H,5-8H2,(H,18,19). The highest BCUT2D eigenvalue weighted by atomic mass is 32.2. The van der Waals surface area contributed by atoms with Crippen molar-refractivity contribution in [1.82, 2.24) is 0 Å². The van der Waals surface area contributed by atoms with Crippen molar-refractivity contribution in [3.63, 3.8) is 0 Å². The van der Waals surface area contributed by atoms with Gasteiger partial charge in [-0.05, 0) is 37.1 Å². The number of carbonyl (C=O) groups excluding carboxylic acids is 1. The monoisotopic (exact) mass is 312 g/mol. The molecule has 1 heterocycles. The number of rotatable bonds is 4. The average molecular weight is 312 g/mol. The molecule has 7 heteroatoms. The Kier molecular flexibility index (Phi) is 5.15. The Hall–Kier alpha value is -1.65. The number of benzene rings is 1. The molecule has 0 aliphatic carbocycles. The molecule has 1 fully saturated rings. The summed E-state index contributed by atoms with van der Waals surface area (Å²) in [5, 5.41) is 12.0. The van der Waals surface area contributed by atoms with Crippen molar-refractivity contribution in [2.45, 2.75) is 23.5 Å². The van der Waals surface area contributed by atoms with E-state index in [9.17, 15) is 18.8 Å². The van der Waals surface area contributed by atoms with E-state index in [0.717, 1.165) is 0 Å². The van der Waals surface area contributed by atoms with Crippen molar-refractivity contribution < 1.29 is 18.3 Å². The van der Waals surface area contributed by atoms with Gasteiger partial charge in [0.05, 0.1) is 6.07 Å². The van der Waals surface area contributed by atoms with E-state index in [1.165, 1.54) is 12.1 Å². The van der Waals surface area contributed by atoms with E-state index < -0.39 is 11.2 Å². The number of amides is 1. The summed E-state index contributed by atoms with van der Waals surface area (Å²) in [7, 11) is 0. The van der Waals surface area contributed by atoms with Crippen LogP contribution in [0.3, 0.4) is 0 Å². The number of nitrogens with zero attached hydrogens (tertiary/aromatic N) is 1. The first-order valence-corrected chi connectivity index (χ1v) is 7.29. The lowest BCUT2D eigenvalue weighted by Gasteiger charge is -2.29. The van der Waals surface area contributed by atoms with E-state index >= 15 is 0 Å². The maximum absolute atomic E-state index is 12.3. The molecule has 1 N–H and O–H groups in total. The van der Waals surface area contributed by atoms with Crippen LogP contribution in [0.2, 0.25) is 0 Å². The molecule has 1 amide bonds. The summed E-state index contributed by atoms with van der Waals surface area (Å²) in [6, 6.07) is 8.20.